The Kier molecular flexibility index (Phi) is 5.56. The summed E-state index contributed by atoms with van der Waals surface area (Å²) in [4.78, 5) is 27.7. The highest BCUT2D eigenvalue weighted by Gasteiger charge is 2.18. The molecule has 0 saturated carbocycles. The predicted octanol–water partition coefficient (Wildman–Crippen LogP) is 4.71. The summed E-state index contributed by atoms with van der Waals surface area (Å²) in [6.45, 7) is 5.61. The van der Waals surface area contributed by atoms with E-state index in [9.17, 15) is 9.59 Å². The number of halogens is 1. The van der Waals surface area contributed by atoms with Gasteiger partial charge in [0.1, 0.15) is 0 Å². The minimum atomic E-state index is -0.328. The zero-order chi connectivity index (χ0) is 17.0. The zero-order valence-electron chi connectivity index (χ0n) is 13.6. The number of allylic oxidation sites excluding steroid dienone is 1. The van der Waals surface area contributed by atoms with E-state index >= 15 is 0 Å². The highest BCUT2D eigenvalue weighted by atomic mass is 35.5. The van der Waals surface area contributed by atoms with Gasteiger partial charge in [-0.25, -0.2) is 0 Å². The molecular formula is C19H20ClNO2. The molecule has 0 aliphatic rings. The average molecular weight is 330 g/mol. The smallest absolute Gasteiger partial charge is 0.259 e. The zero-order valence-corrected chi connectivity index (χ0v) is 14.3. The Morgan fingerprint density at radius 2 is 1.87 bits per heavy atom. The Morgan fingerprint density at radius 3 is 2.43 bits per heavy atom. The van der Waals surface area contributed by atoms with E-state index in [1.54, 1.807) is 26.0 Å². The molecule has 2 aromatic rings. The van der Waals surface area contributed by atoms with Gasteiger partial charge in [-0.15, -0.1) is 0 Å². The van der Waals surface area contributed by atoms with Crippen molar-refractivity contribution >= 4 is 23.5 Å². The number of carbonyl (C=O) groups is 1. The number of aromatic amines is 1. The van der Waals surface area contributed by atoms with Gasteiger partial charge in [0.25, 0.3) is 5.56 Å². The quantitative estimate of drug-likeness (QED) is 0.638. The van der Waals surface area contributed by atoms with Crippen LogP contribution in [0.3, 0.4) is 0 Å². The Labute approximate surface area is 141 Å². The molecular weight excluding hydrogens is 310 g/mol. The van der Waals surface area contributed by atoms with Crippen molar-refractivity contribution in [3.63, 3.8) is 0 Å². The van der Waals surface area contributed by atoms with Crippen molar-refractivity contribution in [2.45, 2.75) is 33.6 Å². The number of H-pyrrole nitrogens is 1. The Bertz CT molecular complexity index is 801. The fraction of sp³-hybridized carbons (Fsp3) is 0.263. The summed E-state index contributed by atoms with van der Waals surface area (Å²) in [5, 5.41) is 0.649. The van der Waals surface area contributed by atoms with Crippen LogP contribution < -0.4 is 5.56 Å². The van der Waals surface area contributed by atoms with Crippen LogP contribution in [-0.2, 0) is 0 Å². The van der Waals surface area contributed by atoms with Crippen molar-refractivity contribution in [3.8, 4) is 0 Å². The number of rotatable bonds is 5. The summed E-state index contributed by atoms with van der Waals surface area (Å²) in [5.41, 5.74) is 2.88. The topological polar surface area (TPSA) is 49.9 Å². The van der Waals surface area contributed by atoms with Crippen LogP contribution in [0.1, 0.15) is 46.9 Å². The second kappa shape index (κ2) is 7.42. The summed E-state index contributed by atoms with van der Waals surface area (Å²) in [6.07, 6.45) is 3.28. The van der Waals surface area contributed by atoms with E-state index in [2.05, 4.69) is 4.98 Å². The summed E-state index contributed by atoms with van der Waals surface area (Å²) < 4.78 is 0. The number of benzene rings is 1. The van der Waals surface area contributed by atoms with Crippen molar-refractivity contribution in [1.29, 1.82) is 0 Å². The first kappa shape index (κ1) is 17.2. The first-order valence-electron chi connectivity index (χ1n) is 7.63. The Morgan fingerprint density at radius 1 is 1.22 bits per heavy atom. The molecule has 2 rings (SSSR count). The Hall–Kier alpha value is -2.13. The fourth-order valence-corrected chi connectivity index (χ4v) is 2.70. The van der Waals surface area contributed by atoms with E-state index in [-0.39, 0.29) is 16.9 Å². The van der Waals surface area contributed by atoms with Crippen molar-refractivity contribution < 1.29 is 4.79 Å². The van der Waals surface area contributed by atoms with Crippen LogP contribution in [0.25, 0.3) is 6.08 Å². The molecule has 0 aliphatic heterocycles. The lowest BCUT2D eigenvalue weighted by Crippen LogP contribution is -2.21. The average Bonchev–Trinajstić information content (AvgIpc) is 2.47. The van der Waals surface area contributed by atoms with Gasteiger partial charge in [-0.05, 0) is 55.7 Å². The summed E-state index contributed by atoms with van der Waals surface area (Å²) in [5.74, 6) is -0.208. The van der Waals surface area contributed by atoms with Gasteiger partial charge >= 0.3 is 0 Å². The van der Waals surface area contributed by atoms with Crippen molar-refractivity contribution in [2.24, 2.45) is 0 Å². The molecule has 0 fully saturated rings. The van der Waals surface area contributed by atoms with Gasteiger partial charge in [0, 0.05) is 16.3 Å². The SMILES string of the molecule is CCC/C(=C\c1ccc(Cl)cc1)C(=O)c1c(C)cc(C)[nH]c1=O. The summed E-state index contributed by atoms with van der Waals surface area (Å²) in [6, 6.07) is 9.10. The van der Waals surface area contributed by atoms with Gasteiger partial charge in [0.05, 0.1) is 5.56 Å². The number of pyridine rings is 1. The molecule has 0 bridgehead atoms. The number of ketones is 1. The summed E-state index contributed by atoms with van der Waals surface area (Å²) in [7, 11) is 0. The highest BCUT2D eigenvalue weighted by Crippen LogP contribution is 2.19. The lowest BCUT2D eigenvalue weighted by Gasteiger charge is -2.09. The monoisotopic (exact) mass is 329 g/mol. The molecule has 0 aliphatic carbocycles. The van der Waals surface area contributed by atoms with Crippen LogP contribution in [0, 0.1) is 13.8 Å². The largest absolute Gasteiger partial charge is 0.326 e. The van der Waals surface area contributed by atoms with Crippen LogP contribution >= 0.6 is 11.6 Å². The molecule has 0 amide bonds. The molecule has 0 spiro atoms. The van der Waals surface area contributed by atoms with Gasteiger partial charge < -0.3 is 4.98 Å². The van der Waals surface area contributed by atoms with E-state index < -0.39 is 0 Å². The molecule has 1 N–H and O–H groups in total. The standard InChI is InChI=1S/C19H20ClNO2/c1-4-5-15(11-14-6-8-16(20)9-7-14)18(22)17-12(2)10-13(3)21-19(17)23/h6-11H,4-5H2,1-3H3,(H,21,23)/b15-11+. The normalized spacial score (nSPS) is 11.6. The molecule has 0 atom stereocenters. The first-order valence-corrected chi connectivity index (χ1v) is 8.01. The lowest BCUT2D eigenvalue weighted by molar-refractivity contribution is 0.103. The molecule has 1 aromatic heterocycles. The van der Waals surface area contributed by atoms with Crippen LogP contribution in [0.2, 0.25) is 5.02 Å². The van der Waals surface area contributed by atoms with Gasteiger partial charge in [0.15, 0.2) is 5.78 Å². The third kappa shape index (κ3) is 4.20. The van der Waals surface area contributed by atoms with Crippen molar-refractivity contribution in [1.82, 2.24) is 4.98 Å². The maximum atomic E-state index is 12.8. The highest BCUT2D eigenvalue weighted by molar-refractivity contribution is 6.30. The van der Waals surface area contributed by atoms with E-state index in [0.717, 1.165) is 17.7 Å². The molecule has 3 nitrogen and oxygen atoms in total. The van der Waals surface area contributed by atoms with Crippen molar-refractivity contribution in [3.05, 3.63) is 73.7 Å². The maximum absolute atomic E-state index is 12.8. The lowest BCUT2D eigenvalue weighted by atomic mass is 9.95. The van der Waals surface area contributed by atoms with E-state index in [0.29, 0.717) is 22.6 Å². The first-order chi connectivity index (χ1) is 10.9. The number of hydrogen-bond donors (Lipinski definition) is 1. The number of nitrogens with one attached hydrogen (secondary N) is 1. The predicted molar refractivity (Wildman–Crippen MR) is 95.2 cm³/mol. The second-order valence-electron chi connectivity index (χ2n) is 5.64. The number of aromatic nitrogens is 1. The van der Waals surface area contributed by atoms with E-state index in [4.69, 9.17) is 11.6 Å². The molecule has 1 heterocycles. The Balaban J connectivity index is 2.47. The van der Waals surface area contributed by atoms with Crippen LogP contribution in [0.5, 0.6) is 0 Å². The number of carbonyl (C=O) groups excluding carboxylic acids is 1. The number of Topliss-reactive ketones (excluding diaryl/α,β-unsaturated/α-hetero) is 1. The molecule has 4 heteroatoms. The van der Waals surface area contributed by atoms with Crippen LogP contribution in [0.4, 0.5) is 0 Å². The van der Waals surface area contributed by atoms with Crippen LogP contribution in [0.15, 0.2) is 40.7 Å². The molecule has 0 unspecified atom stereocenters. The van der Waals surface area contributed by atoms with Crippen molar-refractivity contribution in [2.75, 3.05) is 0 Å². The van der Waals surface area contributed by atoms with Crippen LogP contribution in [-0.4, -0.2) is 10.8 Å². The summed E-state index contributed by atoms with van der Waals surface area (Å²) >= 11 is 5.89. The number of hydrogen-bond acceptors (Lipinski definition) is 2. The van der Waals surface area contributed by atoms with Gasteiger partial charge in [-0.3, -0.25) is 9.59 Å². The van der Waals surface area contributed by atoms with Gasteiger partial charge in [-0.2, -0.15) is 0 Å². The number of aryl methyl sites for hydroxylation is 2. The fourth-order valence-electron chi connectivity index (χ4n) is 2.58. The van der Waals surface area contributed by atoms with E-state index in [1.807, 2.05) is 31.2 Å². The second-order valence-corrected chi connectivity index (χ2v) is 6.08. The minimum Gasteiger partial charge on any atom is -0.326 e. The maximum Gasteiger partial charge on any atom is 0.259 e. The van der Waals surface area contributed by atoms with Gasteiger partial charge in [-0.1, -0.05) is 37.1 Å². The minimum absolute atomic E-state index is 0.208. The molecule has 0 radical (unpaired) electrons. The molecule has 120 valence electrons. The third-order valence-corrected chi connectivity index (χ3v) is 3.87. The molecule has 23 heavy (non-hydrogen) atoms. The van der Waals surface area contributed by atoms with Gasteiger partial charge in [0.2, 0.25) is 0 Å². The third-order valence-electron chi connectivity index (χ3n) is 3.61. The molecule has 0 saturated heterocycles. The molecule has 1 aromatic carbocycles. The van der Waals surface area contributed by atoms with E-state index in [1.165, 1.54) is 0 Å².